The zero-order valence-corrected chi connectivity index (χ0v) is 22.1. The van der Waals surface area contributed by atoms with E-state index in [9.17, 15) is 4.79 Å². The highest BCUT2D eigenvalue weighted by molar-refractivity contribution is 7.99. The first-order chi connectivity index (χ1) is 17.5. The summed E-state index contributed by atoms with van der Waals surface area (Å²) in [5.74, 6) is 3.02. The number of nitrogens with two attached hydrogens (primary N) is 1. The molecule has 36 heavy (non-hydrogen) atoms. The van der Waals surface area contributed by atoms with E-state index in [1.165, 1.54) is 0 Å². The first-order valence-electron chi connectivity index (χ1n) is 11.4. The minimum atomic E-state index is -0.548. The fourth-order valence-electron chi connectivity index (χ4n) is 4.05. The summed E-state index contributed by atoms with van der Waals surface area (Å²) in [7, 11) is 7.93. The molecule has 0 fully saturated rings. The van der Waals surface area contributed by atoms with Gasteiger partial charge >= 0.3 is 0 Å². The van der Waals surface area contributed by atoms with Crippen molar-refractivity contribution in [1.82, 2.24) is 0 Å². The molecule has 0 radical (unpaired) electrons. The maximum atomic E-state index is 14.3. The van der Waals surface area contributed by atoms with Gasteiger partial charge in [0.15, 0.2) is 17.3 Å². The molecule has 0 aliphatic heterocycles. The lowest BCUT2D eigenvalue weighted by Crippen LogP contribution is -2.21. The molecular formula is C28H33NO6S. The Morgan fingerprint density at radius 1 is 0.722 bits per heavy atom. The van der Waals surface area contributed by atoms with Crippen LogP contribution in [0.5, 0.6) is 28.7 Å². The van der Waals surface area contributed by atoms with Gasteiger partial charge in [0.2, 0.25) is 0 Å². The molecule has 0 bridgehead atoms. The average Bonchev–Trinajstić information content (AvgIpc) is 2.94. The van der Waals surface area contributed by atoms with Gasteiger partial charge in [-0.25, -0.2) is 0 Å². The van der Waals surface area contributed by atoms with Gasteiger partial charge in [-0.2, -0.15) is 11.8 Å². The first kappa shape index (κ1) is 27.2. The highest BCUT2D eigenvalue weighted by Crippen LogP contribution is 2.46. The number of ether oxygens (including phenoxy) is 5. The van der Waals surface area contributed by atoms with Crippen molar-refractivity contribution in [3.8, 4) is 28.7 Å². The summed E-state index contributed by atoms with van der Waals surface area (Å²) in [4.78, 5) is 14.3. The number of rotatable bonds is 13. The number of Topliss-reactive ketones (excluding diaryl/α,β-unsaturated/α-hetero) is 1. The Morgan fingerprint density at radius 2 is 1.33 bits per heavy atom. The number of thioether (sulfide) groups is 1. The summed E-state index contributed by atoms with van der Waals surface area (Å²) in [6, 6.07) is 18.5. The zero-order chi connectivity index (χ0) is 26.1. The van der Waals surface area contributed by atoms with E-state index < -0.39 is 5.92 Å². The third-order valence-electron chi connectivity index (χ3n) is 5.89. The van der Waals surface area contributed by atoms with Crippen LogP contribution in [0.1, 0.15) is 32.7 Å². The van der Waals surface area contributed by atoms with E-state index in [0.717, 1.165) is 11.1 Å². The van der Waals surface area contributed by atoms with Crippen molar-refractivity contribution >= 4 is 17.5 Å². The van der Waals surface area contributed by atoms with Crippen molar-refractivity contribution in [2.24, 2.45) is 5.73 Å². The Balaban J connectivity index is 2.19. The predicted octanol–water partition coefficient (Wildman–Crippen LogP) is 5.13. The van der Waals surface area contributed by atoms with Gasteiger partial charge in [0.05, 0.1) is 47.0 Å². The second kappa shape index (κ2) is 13.1. The lowest BCUT2D eigenvalue weighted by molar-refractivity contribution is 0.0954. The van der Waals surface area contributed by atoms with E-state index in [0.29, 0.717) is 46.6 Å². The summed E-state index contributed by atoms with van der Waals surface area (Å²) in [5, 5.41) is -0.263. The third kappa shape index (κ3) is 6.06. The Labute approximate surface area is 216 Å². The van der Waals surface area contributed by atoms with Crippen LogP contribution in [-0.2, 0) is 0 Å². The molecule has 0 aromatic heterocycles. The molecule has 2 N–H and O–H groups in total. The Hall–Kier alpha value is -3.36. The van der Waals surface area contributed by atoms with Gasteiger partial charge in [-0.1, -0.05) is 18.2 Å². The Morgan fingerprint density at radius 3 is 1.92 bits per heavy atom. The number of hydrogen-bond donors (Lipinski definition) is 1. The highest BCUT2D eigenvalue weighted by atomic mass is 32.2. The molecule has 0 aliphatic rings. The average molecular weight is 512 g/mol. The van der Waals surface area contributed by atoms with E-state index in [1.54, 1.807) is 65.5 Å². The van der Waals surface area contributed by atoms with E-state index in [4.69, 9.17) is 29.4 Å². The monoisotopic (exact) mass is 511 g/mol. The molecule has 3 aromatic rings. The lowest BCUT2D eigenvalue weighted by atomic mass is 9.84. The number of benzene rings is 3. The molecule has 3 aromatic carbocycles. The molecule has 0 aliphatic carbocycles. The van der Waals surface area contributed by atoms with E-state index >= 15 is 0 Å². The van der Waals surface area contributed by atoms with Crippen molar-refractivity contribution in [3.05, 3.63) is 77.4 Å². The molecule has 7 nitrogen and oxygen atoms in total. The molecule has 0 saturated heterocycles. The van der Waals surface area contributed by atoms with Crippen LogP contribution in [0, 0.1) is 0 Å². The largest absolute Gasteiger partial charge is 0.497 e. The fourth-order valence-corrected chi connectivity index (χ4v) is 5.26. The van der Waals surface area contributed by atoms with Crippen molar-refractivity contribution in [3.63, 3.8) is 0 Å². The van der Waals surface area contributed by atoms with Crippen molar-refractivity contribution in [2.75, 3.05) is 47.8 Å². The van der Waals surface area contributed by atoms with E-state index in [1.807, 2.05) is 42.5 Å². The maximum Gasteiger partial charge on any atom is 0.175 e. The highest BCUT2D eigenvalue weighted by Gasteiger charge is 2.34. The van der Waals surface area contributed by atoms with E-state index in [2.05, 4.69) is 0 Å². The van der Waals surface area contributed by atoms with Crippen molar-refractivity contribution in [2.45, 2.75) is 11.2 Å². The molecule has 2 unspecified atom stereocenters. The number of carbonyl (C=O) groups is 1. The number of methoxy groups -OCH3 is 5. The molecule has 8 heteroatoms. The summed E-state index contributed by atoms with van der Waals surface area (Å²) >= 11 is 1.63. The zero-order valence-electron chi connectivity index (χ0n) is 21.3. The first-order valence-corrected chi connectivity index (χ1v) is 12.5. The normalized spacial score (nSPS) is 12.4. The standard InChI is InChI=1S/C28H33NO6S/c1-31-20-9-6-18(7-10-20)26(27(30)22-12-11-21(32-2)17-24(22)34-4)28(36-15-14-29)19-8-13-23(33-3)25(16-19)35-5/h6-13,16-17,26,28H,14-15,29H2,1-5H3. The molecular weight excluding hydrogens is 478 g/mol. The maximum absolute atomic E-state index is 14.3. The number of hydrogen-bond acceptors (Lipinski definition) is 8. The van der Waals surface area contributed by atoms with Crippen molar-refractivity contribution in [1.29, 1.82) is 0 Å². The smallest absolute Gasteiger partial charge is 0.175 e. The molecule has 192 valence electrons. The molecule has 3 rings (SSSR count). The van der Waals surface area contributed by atoms with Gasteiger partial charge in [0.1, 0.15) is 17.2 Å². The van der Waals surface area contributed by atoms with Gasteiger partial charge < -0.3 is 29.4 Å². The third-order valence-corrected chi connectivity index (χ3v) is 7.26. The predicted molar refractivity (Wildman–Crippen MR) is 143 cm³/mol. The molecule has 0 spiro atoms. The van der Waals surface area contributed by atoms with Crippen LogP contribution < -0.4 is 29.4 Å². The van der Waals surface area contributed by atoms with Crippen LogP contribution >= 0.6 is 11.8 Å². The summed E-state index contributed by atoms with van der Waals surface area (Å²) in [6.45, 7) is 0.476. The molecule has 0 saturated carbocycles. The Bertz CT molecular complexity index is 1150. The van der Waals surface area contributed by atoms with Gasteiger partial charge in [-0.3, -0.25) is 4.79 Å². The molecule has 0 heterocycles. The van der Waals surface area contributed by atoms with Gasteiger partial charge in [0, 0.05) is 23.6 Å². The van der Waals surface area contributed by atoms with Gasteiger partial charge in [0.25, 0.3) is 0 Å². The SMILES string of the molecule is COc1ccc(C(C(=O)c2ccc(OC)cc2OC)C(SCCN)c2ccc(OC)c(OC)c2)cc1. The quantitative estimate of drug-likeness (QED) is 0.316. The fraction of sp³-hybridized carbons (Fsp3) is 0.321. The van der Waals surface area contributed by atoms with Gasteiger partial charge in [-0.05, 0) is 47.5 Å². The van der Waals surface area contributed by atoms with Crippen LogP contribution in [0.3, 0.4) is 0 Å². The van der Waals surface area contributed by atoms with Crippen LogP contribution in [0.4, 0.5) is 0 Å². The molecule has 0 amide bonds. The Kier molecular flexibility index (Phi) is 9.90. The van der Waals surface area contributed by atoms with Crippen LogP contribution in [0.2, 0.25) is 0 Å². The van der Waals surface area contributed by atoms with Crippen LogP contribution in [0.25, 0.3) is 0 Å². The van der Waals surface area contributed by atoms with E-state index in [-0.39, 0.29) is 11.0 Å². The number of ketones is 1. The molecule has 2 atom stereocenters. The topological polar surface area (TPSA) is 89.2 Å². The van der Waals surface area contributed by atoms with Gasteiger partial charge in [-0.15, -0.1) is 0 Å². The van der Waals surface area contributed by atoms with Crippen LogP contribution in [0.15, 0.2) is 60.7 Å². The van der Waals surface area contributed by atoms with Crippen LogP contribution in [-0.4, -0.2) is 53.6 Å². The summed E-state index contributed by atoms with van der Waals surface area (Å²) in [5.41, 5.74) is 8.14. The summed E-state index contributed by atoms with van der Waals surface area (Å²) < 4.78 is 27.3. The second-order valence-electron chi connectivity index (χ2n) is 7.88. The number of carbonyl (C=O) groups excluding carboxylic acids is 1. The van der Waals surface area contributed by atoms with Crippen molar-refractivity contribution < 1.29 is 28.5 Å². The minimum absolute atomic E-state index is 0.0797. The lowest BCUT2D eigenvalue weighted by Gasteiger charge is -2.28. The summed E-state index contributed by atoms with van der Waals surface area (Å²) in [6.07, 6.45) is 0. The minimum Gasteiger partial charge on any atom is -0.497 e. The second-order valence-corrected chi connectivity index (χ2v) is 9.13.